The summed E-state index contributed by atoms with van der Waals surface area (Å²) in [5.74, 6) is 0. The fraction of sp³-hybridized carbons (Fsp3) is 0.400. The van der Waals surface area contributed by atoms with E-state index in [1.807, 2.05) is 6.07 Å². The Morgan fingerprint density at radius 2 is 2.24 bits per heavy atom. The predicted molar refractivity (Wildman–Crippen MR) is 61.8 cm³/mol. The molecule has 0 saturated heterocycles. The van der Waals surface area contributed by atoms with Crippen LogP contribution in [0.5, 0.6) is 0 Å². The molecule has 7 heteroatoms. The van der Waals surface area contributed by atoms with Gasteiger partial charge in [-0.15, -0.1) is 0 Å². The standard InChI is InChI=1S/C10H10ClN3O2S/c11-8-2-5-13-6-9(8)17(15,16)14-10(7-12)3-1-4-10/h2,5-6,14H,1,3-4H2. The minimum Gasteiger partial charge on any atom is -0.263 e. The van der Waals surface area contributed by atoms with E-state index in [9.17, 15) is 8.42 Å². The lowest BCUT2D eigenvalue weighted by molar-refractivity contribution is 0.296. The number of nitriles is 1. The van der Waals surface area contributed by atoms with Crippen LogP contribution in [0.3, 0.4) is 0 Å². The monoisotopic (exact) mass is 271 g/mol. The van der Waals surface area contributed by atoms with Gasteiger partial charge in [0, 0.05) is 12.4 Å². The fourth-order valence-electron chi connectivity index (χ4n) is 1.64. The van der Waals surface area contributed by atoms with Crippen molar-refractivity contribution in [2.45, 2.75) is 29.7 Å². The lowest BCUT2D eigenvalue weighted by Gasteiger charge is -2.35. The van der Waals surface area contributed by atoms with Crippen LogP contribution >= 0.6 is 11.6 Å². The van der Waals surface area contributed by atoms with Gasteiger partial charge >= 0.3 is 0 Å². The first-order valence-corrected chi connectivity index (χ1v) is 6.90. The quantitative estimate of drug-likeness (QED) is 0.902. The molecule has 1 aliphatic rings. The van der Waals surface area contributed by atoms with E-state index >= 15 is 0 Å². The van der Waals surface area contributed by atoms with Gasteiger partial charge in [0.1, 0.15) is 10.4 Å². The van der Waals surface area contributed by atoms with Gasteiger partial charge in [0.05, 0.1) is 11.1 Å². The molecule has 1 fully saturated rings. The van der Waals surface area contributed by atoms with Crippen molar-refractivity contribution < 1.29 is 8.42 Å². The second-order valence-corrected chi connectivity index (χ2v) is 6.02. The molecule has 0 unspecified atom stereocenters. The number of hydrogen-bond acceptors (Lipinski definition) is 4. The molecule has 1 aromatic heterocycles. The maximum atomic E-state index is 12.0. The number of aromatic nitrogens is 1. The summed E-state index contributed by atoms with van der Waals surface area (Å²) in [4.78, 5) is 3.63. The predicted octanol–water partition coefficient (Wildman–Crippen LogP) is 1.46. The zero-order valence-corrected chi connectivity index (χ0v) is 10.4. The van der Waals surface area contributed by atoms with Crippen molar-refractivity contribution in [1.82, 2.24) is 9.71 Å². The molecule has 0 atom stereocenters. The molecule has 0 spiro atoms. The smallest absolute Gasteiger partial charge is 0.244 e. The van der Waals surface area contributed by atoms with Crippen LogP contribution in [0.25, 0.3) is 0 Å². The van der Waals surface area contributed by atoms with Crippen molar-refractivity contribution in [1.29, 1.82) is 5.26 Å². The number of pyridine rings is 1. The highest BCUT2D eigenvalue weighted by Gasteiger charge is 2.41. The molecule has 0 aromatic carbocycles. The third-order valence-corrected chi connectivity index (χ3v) is 4.78. The Kier molecular flexibility index (Phi) is 3.08. The average molecular weight is 272 g/mol. The molecule has 5 nitrogen and oxygen atoms in total. The Labute approximate surface area is 104 Å². The summed E-state index contributed by atoms with van der Waals surface area (Å²) in [5.41, 5.74) is -0.974. The van der Waals surface area contributed by atoms with Crippen LogP contribution in [-0.2, 0) is 10.0 Å². The van der Waals surface area contributed by atoms with Crippen LogP contribution in [-0.4, -0.2) is 18.9 Å². The second-order valence-electron chi connectivity index (χ2n) is 3.96. The van der Waals surface area contributed by atoms with Gasteiger partial charge in [-0.1, -0.05) is 11.6 Å². The third-order valence-electron chi connectivity index (χ3n) is 2.77. The van der Waals surface area contributed by atoms with Crippen LogP contribution in [0.1, 0.15) is 19.3 Å². The Hall–Kier alpha value is -1.16. The first-order chi connectivity index (χ1) is 7.99. The first kappa shape index (κ1) is 12.3. The van der Waals surface area contributed by atoms with Gasteiger partial charge in [-0.2, -0.15) is 9.98 Å². The largest absolute Gasteiger partial charge is 0.263 e. The zero-order chi connectivity index (χ0) is 12.5. The SMILES string of the molecule is N#CC1(NS(=O)(=O)c2cnccc2Cl)CCC1. The normalized spacial score (nSPS) is 18.1. The fourth-order valence-corrected chi connectivity index (χ4v) is 3.45. The molecule has 0 amide bonds. The van der Waals surface area contributed by atoms with Crippen molar-refractivity contribution in [2.24, 2.45) is 0 Å². The summed E-state index contributed by atoms with van der Waals surface area (Å²) in [6, 6.07) is 3.41. The summed E-state index contributed by atoms with van der Waals surface area (Å²) in [6.45, 7) is 0. The van der Waals surface area contributed by atoms with Crippen molar-refractivity contribution >= 4 is 21.6 Å². The molecule has 1 aromatic rings. The molecule has 1 saturated carbocycles. The number of hydrogen-bond donors (Lipinski definition) is 1. The van der Waals surface area contributed by atoms with E-state index in [-0.39, 0.29) is 9.92 Å². The molecule has 1 N–H and O–H groups in total. The van der Waals surface area contributed by atoms with E-state index in [0.717, 1.165) is 6.42 Å². The Morgan fingerprint density at radius 1 is 1.53 bits per heavy atom. The van der Waals surface area contributed by atoms with E-state index in [2.05, 4.69) is 9.71 Å². The van der Waals surface area contributed by atoms with Crippen LogP contribution in [0.2, 0.25) is 5.02 Å². The highest BCUT2D eigenvalue weighted by molar-refractivity contribution is 7.89. The summed E-state index contributed by atoms with van der Waals surface area (Å²) < 4.78 is 26.5. The zero-order valence-electron chi connectivity index (χ0n) is 8.85. The van der Waals surface area contributed by atoms with Gasteiger partial charge in [-0.3, -0.25) is 4.98 Å². The minimum atomic E-state index is -3.79. The Balaban J connectivity index is 2.33. The van der Waals surface area contributed by atoms with E-state index in [1.54, 1.807) is 0 Å². The van der Waals surface area contributed by atoms with Crippen LogP contribution < -0.4 is 4.72 Å². The lowest BCUT2D eigenvalue weighted by atomic mass is 9.79. The van der Waals surface area contributed by atoms with Gasteiger partial charge in [0.15, 0.2) is 0 Å². The second kappa shape index (κ2) is 4.26. The highest BCUT2D eigenvalue weighted by Crippen LogP contribution is 2.33. The van der Waals surface area contributed by atoms with Crippen LogP contribution in [0.15, 0.2) is 23.4 Å². The minimum absolute atomic E-state index is 0.0943. The molecule has 2 rings (SSSR count). The summed E-state index contributed by atoms with van der Waals surface area (Å²) >= 11 is 5.80. The van der Waals surface area contributed by atoms with E-state index < -0.39 is 15.6 Å². The lowest BCUT2D eigenvalue weighted by Crippen LogP contribution is -2.52. The molecule has 0 radical (unpaired) electrons. The van der Waals surface area contributed by atoms with Gasteiger partial charge < -0.3 is 0 Å². The molecule has 0 bridgehead atoms. The number of halogens is 1. The first-order valence-electron chi connectivity index (χ1n) is 5.04. The summed E-state index contributed by atoms with van der Waals surface area (Å²) in [6.07, 6.45) is 4.48. The maximum absolute atomic E-state index is 12.0. The van der Waals surface area contributed by atoms with E-state index in [4.69, 9.17) is 16.9 Å². The van der Waals surface area contributed by atoms with Crippen molar-refractivity contribution in [3.8, 4) is 6.07 Å². The molecule has 0 aliphatic heterocycles. The maximum Gasteiger partial charge on any atom is 0.244 e. The van der Waals surface area contributed by atoms with Gasteiger partial charge in [0.25, 0.3) is 0 Å². The molecule has 90 valence electrons. The number of sulfonamides is 1. The van der Waals surface area contributed by atoms with Crippen LogP contribution in [0, 0.1) is 11.3 Å². The molecular weight excluding hydrogens is 262 g/mol. The van der Waals surface area contributed by atoms with Gasteiger partial charge in [-0.25, -0.2) is 8.42 Å². The number of nitrogens with one attached hydrogen (secondary N) is 1. The topological polar surface area (TPSA) is 82.9 Å². The summed E-state index contributed by atoms with van der Waals surface area (Å²) in [5, 5.41) is 9.09. The summed E-state index contributed by atoms with van der Waals surface area (Å²) in [7, 11) is -3.79. The molecular formula is C10H10ClN3O2S. The van der Waals surface area contributed by atoms with E-state index in [0.29, 0.717) is 12.8 Å². The highest BCUT2D eigenvalue weighted by atomic mass is 35.5. The van der Waals surface area contributed by atoms with Crippen molar-refractivity contribution in [2.75, 3.05) is 0 Å². The van der Waals surface area contributed by atoms with Gasteiger partial charge in [-0.05, 0) is 25.3 Å². The van der Waals surface area contributed by atoms with Crippen molar-refractivity contribution in [3.63, 3.8) is 0 Å². The third kappa shape index (κ3) is 2.27. The number of nitrogens with zero attached hydrogens (tertiary/aromatic N) is 2. The van der Waals surface area contributed by atoms with E-state index in [1.165, 1.54) is 18.5 Å². The molecule has 1 aliphatic carbocycles. The van der Waals surface area contributed by atoms with Gasteiger partial charge in [0.2, 0.25) is 10.0 Å². The van der Waals surface area contributed by atoms with Crippen molar-refractivity contribution in [3.05, 3.63) is 23.5 Å². The Bertz CT molecular complexity index is 575. The molecule has 17 heavy (non-hydrogen) atoms. The average Bonchev–Trinajstić information content (AvgIpc) is 2.24. The number of rotatable bonds is 3. The molecule has 1 heterocycles. The Morgan fingerprint density at radius 3 is 2.71 bits per heavy atom. The van der Waals surface area contributed by atoms with Crippen LogP contribution in [0.4, 0.5) is 0 Å².